The normalized spacial score (nSPS) is 11.1. The Bertz CT molecular complexity index is 133. The Morgan fingerprint density at radius 2 is 1.29 bits per heavy atom. The smallest absolute Gasteiger partial charge is 0.268 e. The first kappa shape index (κ1) is 14.6. The van der Waals surface area contributed by atoms with Gasteiger partial charge in [0.25, 0.3) is 0 Å². The van der Waals surface area contributed by atoms with Crippen LogP contribution in [0.1, 0.15) is 25.7 Å². The minimum Gasteiger partial charge on any atom is -0.268 e. The lowest BCUT2D eigenvalue weighted by atomic mass is 10.4. The van der Waals surface area contributed by atoms with Crippen molar-refractivity contribution in [1.82, 2.24) is 0 Å². The van der Waals surface area contributed by atoms with Crippen molar-refractivity contribution >= 4 is 34.6 Å². The predicted octanol–water partition coefficient (Wildman–Crippen LogP) is 2.64. The predicted molar refractivity (Wildman–Crippen MR) is 60.0 cm³/mol. The van der Waals surface area contributed by atoms with Crippen molar-refractivity contribution in [3.63, 3.8) is 0 Å². The molecule has 0 aliphatic carbocycles. The Labute approximate surface area is 97.9 Å². The molecule has 0 aromatic rings. The monoisotopic (exact) mass is 262 g/mol. The number of rotatable bonds is 10. The molecule has 0 amide bonds. The summed E-state index contributed by atoms with van der Waals surface area (Å²) in [4.78, 5) is 0. The first-order valence-electron chi connectivity index (χ1n) is 4.61. The molecule has 0 rings (SSSR count). The van der Waals surface area contributed by atoms with Crippen molar-refractivity contribution in [1.29, 1.82) is 0 Å². The lowest BCUT2D eigenvalue weighted by molar-refractivity contribution is 0.244. The van der Waals surface area contributed by atoms with Crippen LogP contribution in [0, 0.1) is 0 Å². The van der Waals surface area contributed by atoms with Gasteiger partial charge in [0.15, 0.2) is 0 Å². The second-order valence-electron chi connectivity index (χ2n) is 2.64. The summed E-state index contributed by atoms with van der Waals surface area (Å²) in [6, 6.07) is 0. The van der Waals surface area contributed by atoms with Gasteiger partial charge in [0.2, 0.25) is 0 Å². The Hall–Kier alpha value is 0.650. The lowest BCUT2D eigenvalue weighted by Crippen LogP contribution is -2.05. The maximum Gasteiger partial charge on any atom is 0.304 e. The summed E-state index contributed by atoms with van der Waals surface area (Å²) in [6.45, 7) is 0.851. The lowest BCUT2D eigenvalue weighted by Gasteiger charge is -2.02. The largest absolute Gasteiger partial charge is 0.304 e. The molecule has 3 nitrogen and oxygen atoms in total. The van der Waals surface area contributed by atoms with E-state index in [1.807, 2.05) is 0 Å². The quantitative estimate of drug-likeness (QED) is 0.449. The standard InChI is InChI=1S/C8H16Cl2O3S/c9-5-1-3-7-12-14(11)13-8-4-2-6-10/h1-8H2. The SMILES string of the molecule is O=S(OCCCCCl)OCCCCCl. The first-order chi connectivity index (χ1) is 6.81. The molecule has 0 unspecified atom stereocenters. The van der Waals surface area contributed by atoms with Crippen molar-refractivity contribution in [2.24, 2.45) is 0 Å². The van der Waals surface area contributed by atoms with Crippen LogP contribution in [0.4, 0.5) is 0 Å². The van der Waals surface area contributed by atoms with Gasteiger partial charge < -0.3 is 0 Å². The van der Waals surface area contributed by atoms with E-state index in [0.717, 1.165) is 25.7 Å². The maximum atomic E-state index is 11.0. The Balaban J connectivity index is 3.11. The van der Waals surface area contributed by atoms with E-state index >= 15 is 0 Å². The maximum absolute atomic E-state index is 11.0. The molecular weight excluding hydrogens is 247 g/mol. The van der Waals surface area contributed by atoms with Gasteiger partial charge in [-0.05, 0) is 25.7 Å². The van der Waals surface area contributed by atoms with Crippen LogP contribution in [0.2, 0.25) is 0 Å². The minimum absolute atomic E-state index is 0.425. The highest BCUT2D eigenvalue weighted by Gasteiger charge is 1.99. The number of hydrogen-bond acceptors (Lipinski definition) is 3. The molecule has 0 bridgehead atoms. The van der Waals surface area contributed by atoms with Crippen LogP contribution in [0.5, 0.6) is 0 Å². The molecule has 0 aromatic heterocycles. The zero-order valence-corrected chi connectivity index (χ0v) is 10.4. The highest BCUT2D eigenvalue weighted by Crippen LogP contribution is 1.98. The second kappa shape index (κ2) is 11.7. The van der Waals surface area contributed by atoms with Crippen LogP contribution in [0.3, 0.4) is 0 Å². The van der Waals surface area contributed by atoms with E-state index in [9.17, 15) is 4.21 Å². The average Bonchev–Trinajstić information content (AvgIpc) is 2.19. The molecule has 0 radical (unpaired) electrons. The minimum atomic E-state index is -1.61. The second-order valence-corrected chi connectivity index (χ2v) is 4.28. The summed E-state index contributed by atoms with van der Waals surface area (Å²) in [6.07, 6.45) is 3.34. The fourth-order valence-corrected chi connectivity index (χ4v) is 1.63. The van der Waals surface area contributed by atoms with Crippen molar-refractivity contribution < 1.29 is 12.6 Å². The van der Waals surface area contributed by atoms with E-state index in [4.69, 9.17) is 31.6 Å². The Morgan fingerprint density at radius 1 is 0.857 bits per heavy atom. The van der Waals surface area contributed by atoms with E-state index in [0.29, 0.717) is 25.0 Å². The summed E-state index contributed by atoms with van der Waals surface area (Å²) in [5.74, 6) is 1.21. The number of alkyl halides is 2. The molecule has 0 aliphatic rings. The van der Waals surface area contributed by atoms with Crippen LogP contribution in [0.25, 0.3) is 0 Å². The van der Waals surface area contributed by atoms with Gasteiger partial charge in [-0.15, -0.1) is 23.2 Å². The van der Waals surface area contributed by atoms with E-state index in [2.05, 4.69) is 0 Å². The van der Waals surface area contributed by atoms with Gasteiger partial charge >= 0.3 is 11.4 Å². The highest BCUT2D eigenvalue weighted by atomic mass is 35.5. The van der Waals surface area contributed by atoms with Gasteiger partial charge in [-0.3, -0.25) is 8.37 Å². The molecular formula is C8H16Cl2O3S. The summed E-state index contributed by atoms with van der Waals surface area (Å²) in [5.41, 5.74) is 0. The van der Waals surface area contributed by atoms with E-state index in [1.54, 1.807) is 0 Å². The van der Waals surface area contributed by atoms with Gasteiger partial charge in [0.1, 0.15) is 0 Å². The third kappa shape index (κ3) is 10.7. The van der Waals surface area contributed by atoms with E-state index < -0.39 is 11.4 Å². The summed E-state index contributed by atoms with van der Waals surface area (Å²) < 4.78 is 20.7. The molecule has 14 heavy (non-hydrogen) atoms. The van der Waals surface area contributed by atoms with Crippen molar-refractivity contribution in [2.75, 3.05) is 25.0 Å². The number of halogens is 2. The highest BCUT2D eigenvalue weighted by molar-refractivity contribution is 7.75. The fourth-order valence-electron chi connectivity index (χ4n) is 0.681. The molecule has 0 N–H and O–H groups in total. The van der Waals surface area contributed by atoms with Crippen LogP contribution >= 0.6 is 23.2 Å². The number of unbranched alkanes of at least 4 members (excludes halogenated alkanes) is 2. The third-order valence-electron chi connectivity index (χ3n) is 1.42. The van der Waals surface area contributed by atoms with Gasteiger partial charge in [0.05, 0.1) is 13.2 Å². The molecule has 0 spiro atoms. The van der Waals surface area contributed by atoms with Crippen molar-refractivity contribution in [2.45, 2.75) is 25.7 Å². The topological polar surface area (TPSA) is 35.5 Å². The molecule has 0 aromatic carbocycles. The van der Waals surface area contributed by atoms with Crippen LogP contribution in [0.15, 0.2) is 0 Å². The molecule has 0 atom stereocenters. The summed E-state index contributed by atoms with van der Waals surface area (Å²) in [7, 11) is 0. The summed E-state index contributed by atoms with van der Waals surface area (Å²) in [5, 5.41) is 0. The third-order valence-corrected chi connectivity index (χ3v) is 2.67. The van der Waals surface area contributed by atoms with Crippen LogP contribution in [-0.2, 0) is 19.7 Å². The Morgan fingerprint density at radius 3 is 1.64 bits per heavy atom. The van der Waals surface area contributed by atoms with E-state index in [1.165, 1.54) is 0 Å². The van der Waals surface area contributed by atoms with Gasteiger partial charge in [-0.2, -0.15) is 4.21 Å². The van der Waals surface area contributed by atoms with Crippen LogP contribution < -0.4 is 0 Å². The molecule has 0 saturated heterocycles. The molecule has 0 heterocycles. The van der Waals surface area contributed by atoms with Gasteiger partial charge in [-0.25, -0.2) is 0 Å². The Kier molecular flexibility index (Phi) is 12.3. The van der Waals surface area contributed by atoms with Gasteiger partial charge in [-0.1, -0.05) is 0 Å². The van der Waals surface area contributed by atoms with E-state index in [-0.39, 0.29) is 0 Å². The fraction of sp³-hybridized carbons (Fsp3) is 1.00. The zero-order valence-electron chi connectivity index (χ0n) is 8.05. The van der Waals surface area contributed by atoms with Crippen molar-refractivity contribution in [3.8, 4) is 0 Å². The zero-order chi connectivity index (χ0) is 10.6. The van der Waals surface area contributed by atoms with Crippen molar-refractivity contribution in [3.05, 3.63) is 0 Å². The molecule has 6 heteroatoms. The molecule has 0 saturated carbocycles. The molecule has 86 valence electrons. The number of hydrogen-bond donors (Lipinski definition) is 0. The first-order valence-corrected chi connectivity index (χ1v) is 6.68. The molecule has 0 aliphatic heterocycles. The average molecular weight is 263 g/mol. The van der Waals surface area contributed by atoms with Gasteiger partial charge in [0, 0.05) is 11.8 Å². The summed E-state index contributed by atoms with van der Waals surface area (Å²) >= 11 is 9.31. The molecule has 0 fully saturated rings. The van der Waals surface area contributed by atoms with Crippen LogP contribution in [-0.4, -0.2) is 29.2 Å².